The van der Waals surface area contributed by atoms with Gasteiger partial charge in [0.15, 0.2) is 0 Å². The van der Waals surface area contributed by atoms with E-state index in [4.69, 9.17) is 5.73 Å². The first-order chi connectivity index (χ1) is 6.24. The van der Waals surface area contributed by atoms with Crippen LogP contribution in [0, 0.1) is 0 Å². The minimum atomic E-state index is -0.128. The molecule has 0 aliphatic rings. The summed E-state index contributed by atoms with van der Waals surface area (Å²) >= 11 is 0. The van der Waals surface area contributed by atoms with Crippen LogP contribution < -0.4 is 11.1 Å². The van der Waals surface area contributed by atoms with Crippen molar-refractivity contribution in [2.24, 2.45) is 5.73 Å². The lowest BCUT2D eigenvalue weighted by molar-refractivity contribution is -0.120. The largest absolute Gasteiger partial charge is 0.348 e. The van der Waals surface area contributed by atoms with Gasteiger partial charge in [-0.05, 0) is 12.5 Å². The number of carbonyl (C=O) groups is 1. The van der Waals surface area contributed by atoms with E-state index < -0.39 is 0 Å². The molecule has 0 aliphatic carbocycles. The zero-order valence-electron chi connectivity index (χ0n) is 7.66. The molecule has 3 nitrogen and oxygen atoms in total. The number of rotatable bonds is 3. The molecule has 0 spiro atoms. The number of hydrogen-bond donors (Lipinski definition) is 2. The molecule has 0 aliphatic heterocycles. The summed E-state index contributed by atoms with van der Waals surface area (Å²) in [5, 5.41) is 2.78. The number of nitrogens with two attached hydrogens (primary N) is 1. The lowest BCUT2D eigenvalue weighted by Crippen LogP contribution is -2.32. The van der Waals surface area contributed by atoms with E-state index in [9.17, 15) is 4.79 Å². The second-order valence-corrected chi connectivity index (χ2v) is 2.90. The van der Waals surface area contributed by atoms with Gasteiger partial charge in [0.25, 0.3) is 0 Å². The standard InChI is InChI=1S/C10H14N2O/c1-8(12-10(13)7-11)9-5-3-2-4-6-9/h2-6,8H,7,11H2,1H3,(H,12,13)/t8-/m1/s1. The Hall–Kier alpha value is -1.35. The van der Waals surface area contributed by atoms with E-state index in [0.29, 0.717) is 0 Å². The van der Waals surface area contributed by atoms with E-state index in [1.165, 1.54) is 0 Å². The number of hydrogen-bond acceptors (Lipinski definition) is 2. The van der Waals surface area contributed by atoms with E-state index >= 15 is 0 Å². The van der Waals surface area contributed by atoms with Crippen LogP contribution in [0.4, 0.5) is 0 Å². The van der Waals surface area contributed by atoms with E-state index in [1.54, 1.807) is 0 Å². The van der Waals surface area contributed by atoms with Crippen molar-refractivity contribution in [1.82, 2.24) is 5.32 Å². The molecular formula is C10H14N2O. The molecule has 70 valence electrons. The van der Waals surface area contributed by atoms with Crippen molar-refractivity contribution in [3.63, 3.8) is 0 Å². The van der Waals surface area contributed by atoms with Crippen molar-refractivity contribution in [3.8, 4) is 0 Å². The molecule has 1 aromatic carbocycles. The highest BCUT2D eigenvalue weighted by molar-refractivity contribution is 5.78. The summed E-state index contributed by atoms with van der Waals surface area (Å²) in [5.41, 5.74) is 6.27. The zero-order valence-corrected chi connectivity index (χ0v) is 7.66. The molecule has 0 heterocycles. The van der Waals surface area contributed by atoms with Crippen molar-refractivity contribution in [3.05, 3.63) is 35.9 Å². The van der Waals surface area contributed by atoms with Crippen molar-refractivity contribution in [2.45, 2.75) is 13.0 Å². The van der Waals surface area contributed by atoms with Gasteiger partial charge < -0.3 is 11.1 Å². The molecule has 1 amide bonds. The van der Waals surface area contributed by atoms with Gasteiger partial charge in [-0.2, -0.15) is 0 Å². The Morgan fingerprint density at radius 2 is 2.08 bits per heavy atom. The average Bonchev–Trinajstić information content (AvgIpc) is 2.19. The number of amides is 1. The maximum Gasteiger partial charge on any atom is 0.234 e. The molecule has 1 atom stereocenters. The molecule has 1 rings (SSSR count). The highest BCUT2D eigenvalue weighted by atomic mass is 16.1. The molecule has 3 heteroatoms. The normalized spacial score (nSPS) is 12.2. The molecule has 0 bridgehead atoms. The van der Waals surface area contributed by atoms with Crippen LogP contribution in [0.25, 0.3) is 0 Å². The Kier molecular flexibility index (Phi) is 3.46. The predicted molar refractivity (Wildman–Crippen MR) is 52.1 cm³/mol. The van der Waals surface area contributed by atoms with Crippen molar-refractivity contribution >= 4 is 5.91 Å². The molecule has 1 aromatic rings. The molecule has 0 saturated heterocycles. The smallest absolute Gasteiger partial charge is 0.234 e. The van der Waals surface area contributed by atoms with Gasteiger partial charge in [-0.25, -0.2) is 0 Å². The summed E-state index contributed by atoms with van der Waals surface area (Å²) < 4.78 is 0. The summed E-state index contributed by atoms with van der Waals surface area (Å²) in [4.78, 5) is 11.0. The third-order valence-corrected chi connectivity index (χ3v) is 1.86. The number of nitrogens with one attached hydrogen (secondary N) is 1. The first-order valence-electron chi connectivity index (χ1n) is 4.28. The zero-order chi connectivity index (χ0) is 9.68. The van der Waals surface area contributed by atoms with Gasteiger partial charge in [-0.3, -0.25) is 4.79 Å². The Balaban J connectivity index is 2.59. The number of carbonyl (C=O) groups excluding carboxylic acids is 1. The second-order valence-electron chi connectivity index (χ2n) is 2.90. The first-order valence-corrected chi connectivity index (χ1v) is 4.28. The molecule has 0 aromatic heterocycles. The van der Waals surface area contributed by atoms with Crippen molar-refractivity contribution in [1.29, 1.82) is 0 Å². The van der Waals surface area contributed by atoms with Crippen molar-refractivity contribution < 1.29 is 4.79 Å². The van der Waals surface area contributed by atoms with Crippen LogP contribution in [0.3, 0.4) is 0 Å². The Bertz CT molecular complexity index is 272. The molecular weight excluding hydrogens is 164 g/mol. The quantitative estimate of drug-likeness (QED) is 0.720. The van der Waals surface area contributed by atoms with Gasteiger partial charge in [0.05, 0.1) is 12.6 Å². The van der Waals surface area contributed by atoms with E-state index in [2.05, 4.69) is 5.32 Å². The Morgan fingerprint density at radius 3 is 2.62 bits per heavy atom. The average molecular weight is 178 g/mol. The summed E-state index contributed by atoms with van der Waals surface area (Å²) in [7, 11) is 0. The van der Waals surface area contributed by atoms with Crippen LogP contribution in [0.5, 0.6) is 0 Å². The monoisotopic (exact) mass is 178 g/mol. The van der Waals surface area contributed by atoms with Gasteiger partial charge in [-0.1, -0.05) is 30.3 Å². The van der Waals surface area contributed by atoms with Gasteiger partial charge in [0.2, 0.25) is 5.91 Å². The van der Waals surface area contributed by atoms with Crippen LogP contribution >= 0.6 is 0 Å². The maximum absolute atomic E-state index is 11.0. The van der Waals surface area contributed by atoms with E-state index in [0.717, 1.165) is 5.56 Å². The van der Waals surface area contributed by atoms with Crippen molar-refractivity contribution in [2.75, 3.05) is 6.54 Å². The summed E-state index contributed by atoms with van der Waals surface area (Å²) in [5.74, 6) is -0.128. The molecule has 13 heavy (non-hydrogen) atoms. The first kappa shape index (κ1) is 9.74. The lowest BCUT2D eigenvalue weighted by atomic mass is 10.1. The molecule has 0 unspecified atom stereocenters. The Morgan fingerprint density at radius 1 is 1.46 bits per heavy atom. The highest BCUT2D eigenvalue weighted by Crippen LogP contribution is 2.10. The minimum Gasteiger partial charge on any atom is -0.348 e. The third-order valence-electron chi connectivity index (χ3n) is 1.86. The molecule has 0 fully saturated rings. The summed E-state index contributed by atoms with van der Waals surface area (Å²) in [6.07, 6.45) is 0. The predicted octanol–water partition coefficient (Wildman–Crippen LogP) is 0.823. The van der Waals surface area contributed by atoms with E-state index in [1.807, 2.05) is 37.3 Å². The molecule has 0 saturated carbocycles. The molecule has 3 N–H and O–H groups in total. The number of benzene rings is 1. The van der Waals surface area contributed by atoms with Gasteiger partial charge in [-0.15, -0.1) is 0 Å². The highest BCUT2D eigenvalue weighted by Gasteiger charge is 2.06. The fourth-order valence-electron chi connectivity index (χ4n) is 1.13. The maximum atomic E-state index is 11.0. The van der Waals surface area contributed by atoms with Crippen LogP contribution in [-0.2, 0) is 4.79 Å². The van der Waals surface area contributed by atoms with Crippen LogP contribution in [-0.4, -0.2) is 12.5 Å². The van der Waals surface area contributed by atoms with Gasteiger partial charge in [0.1, 0.15) is 0 Å². The summed E-state index contributed by atoms with van der Waals surface area (Å²) in [6, 6.07) is 9.81. The summed E-state index contributed by atoms with van der Waals surface area (Å²) in [6.45, 7) is 1.97. The van der Waals surface area contributed by atoms with Crippen LogP contribution in [0.15, 0.2) is 30.3 Å². The topological polar surface area (TPSA) is 55.1 Å². The third kappa shape index (κ3) is 2.87. The minimum absolute atomic E-state index is 0.0252. The van der Waals surface area contributed by atoms with E-state index in [-0.39, 0.29) is 18.5 Å². The van der Waals surface area contributed by atoms with Crippen LogP contribution in [0.2, 0.25) is 0 Å². The van der Waals surface area contributed by atoms with Gasteiger partial charge in [0, 0.05) is 0 Å². The van der Waals surface area contributed by atoms with Gasteiger partial charge >= 0.3 is 0 Å². The second kappa shape index (κ2) is 4.62. The Labute approximate surface area is 77.9 Å². The fourth-order valence-corrected chi connectivity index (χ4v) is 1.13. The molecule has 0 radical (unpaired) electrons. The lowest BCUT2D eigenvalue weighted by Gasteiger charge is -2.12. The fraction of sp³-hybridized carbons (Fsp3) is 0.300. The van der Waals surface area contributed by atoms with Crippen LogP contribution in [0.1, 0.15) is 18.5 Å². The SMILES string of the molecule is C[C@@H](NC(=O)CN)c1ccccc1.